The molecule has 0 spiro atoms. The number of ether oxygens (including phenoxy) is 1. The van der Waals surface area contributed by atoms with Crippen molar-refractivity contribution >= 4 is 16.8 Å². The molecule has 0 bridgehead atoms. The van der Waals surface area contributed by atoms with Crippen molar-refractivity contribution in [2.75, 3.05) is 53.9 Å². The second kappa shape index (κ2) is 13.9. The van der Waals surface area contributed by atoms with Gasteiger partial charge in [-0.25, -0.2) is 4.98 Å². The number of aliphatic hydroxyl groups is 1. The number of fused-ring (bicyclic) bond motifs is 1. The monoisotopic (exact) mass is 549 g/mol. The van der Waals surface area contributed by atoms with E-state index in [1.165, 1.54) is 10.9 Å². The van der Waals surface area contributed by atoms with E-state index in [9.17, 15) is 14.7 Å². The average Bonchev–Trinajstić information content (AvgIpc) is 2.95. The van der Waals surface area contributed by atoms with E-state index in [0.29, 0.717) is 55.6 Å². The number of carbonyl (C=O) groups is 1. The molecule has 1 unspecified atom stereocenters. The molecule has 9 nitrogen and oxygen atoms in total. The Hall–Kier alpha value is -3.27. The Bertz CT molecular complexity index is 1300. The molecule has 0 aliphatic carbocycles. The Morgan fingerprint density at radius 1 is 1.18 bits per heavy atom. The lowest BCUT2D eigenvalue weighted by Crippen LogP contribution is -2.51. The van der Waals surface area contributed by atoms with Gasteiger partial charge in [0.1, 0.15) is 12.4 Å². The maximum Gasteiger partial charge on any atom is 0.261 e. The molecule has 1 aromatic heterocycles. The van der Waals surface area contributed by atoms with Gasteiger partial charge in [-0.2, -0.15) is 0 Å². The van der Waals surface area contributed by atoms with Gasteiger partial charge in [0.2, 0.25) is 5.91 Å². The topological polar surface area (TPSA) is 99.9 Å². The van der Waals surface area contributed by atoms with Crippen LogP contribution in [-0.4, -0.2) is 89.9 Å². The summed E-state index contributed by atoms with van der Waals surface area (Å²) in [6.45, 7) is 3.22. The molecule has 1 fully saturated rings. The molecule has 4 rings (SSSR count). The Morgan fingerprint density at radius 2 is 1.93 bits per heavy atom. The first-order chi connectivity index (χ1) is 19.3. The zero-order chi connectivity index (χ0) is 28.5. The highest BCUT2D eigenvalue weighted by atomic mass is 16.5. The number of hydrogen-bond donors (Lipinski definition) is 2. The summed E-state index contributed by atoms with van der Waals surface area (Å²) in [6.07, 6.45) is 4.77. The van der Waals surface area contributed by atoms with Crippen LogP contribution in [0.5, 0.6) is 5.75 Å². The molecule has 0 radical (unpaired) electrons. The van der Waals surface area contributed by atoms with Crippen molar-refractivity contribution in [3.8, 4) is 5.75 Å². The fraction of sp³-hybridized carbons (Fsp3) is 0.516. The second-order valence-electron chi connectivity index (χ2n) is 11.2. The molecule has 1 aliphatic heterocycles. The van der Waals surface area contributed by atoms with Crippen LogP contribution in [-0.2, 0) is 17.8 Å². The minimum absolute atomic E-state index is 0.0941. The van der Waals surface area contributed by atoms with Crippen LogP contribution >= 0.6 is 0 Å². The number of nitrogens with one attached hydrogen (secondary N) is 1. The number of benzene rings is 2. The lowest BCUT2D eigenvalue weighted by atomic mass is 9.88. The molecule has 1 amide bonds. The zero-order valence-corrected chi connectivity index (χ0v) is 24.0. The van der Waals surface area contributed by atoms with E-state index in [2.05, 4.69) is 22.4 Å². The number of likely N-dealkylation sites (tertiary alicyclic amines) is 1. The third kappa shape index (κ3) is 7.90. The number of hydrogen-bond acceptors (Lipinski definition) is 7. The predicted octanol–water partition coefficient (Wildman–Crippen LogP) is 2.55. The van der Waals surface area contributed by atoms with Crippen LogP contribution in [0, 0.1) is 5.92 Å². The van der Waals surface area contributed by atoms with E-state index >= 15 is 0 Å². The fourth-order valence-electron chi connectivity index (χ4n) is 5.30. The number of carbonyl (C=O) groups excluding carboxylic acids is 1. The van der Waals surface area contributed by atoms with Gasteiger partial charge in [0.25, 0.3) is 5.56 Å². The van der Waals surface area contributed by atoms with Crippen LogP contribution in [0.2, 0.25) is 0 Å². The summed E-state index contributed by atoms with van der Waals surface area (Å²) >= 11 is 0. The summed E-state index contributed by atoms with van der Waals surface area (Å²) in [7, 11) is 5.88. The Morgan fingerprint density at radius 3 is 2.62 bits per heavy atom. The summed E-state index contributed by atoms with van der Waals surface area (Å²) in [6, 6.07) is 15.5. The molecule has 40 heavy (non-hydrogen) atoms. The molecule has 9 heteroatoms. The lowest BCUT2D eigenvalue weighted by molar-refractivity contribution is -0.140. The van der Waals surface area contributed by atoms with Crippen molar-refractivity contribution in [2.24, 2.45) is 5.92 Å². The van der Waals surface area contributed by atoms with E-state index in [1.54, 1.807) is 12.1 Å². The number of rotatable bonds is 13. The molecule has 2 heterocycles. The van der Waals surface area contributed by atoms with Gasteiger partial charge >= 0.3 is 0 Å². The maximum atomic E-state index is 13.6. The molecule has 216 valence electrons. The van der Waals surface area contributed by atoms with Crippen molar-refractivity contribution in [1.82, 2.24) is 24.7 Å². The van der Waals surface area contributed by atoms with Crippen LogP contribution in [0.4, 0.5) is 0 Å². The first-order valence-electron chi connectivity index (χ1n) is 14.2. The molecule has 0 saturated carbocycles. The summed E-state index contributed by atoms with van der Waals surface area (Å²) in [5.74, 6) is 0.674. The molecule has 2 aromatic carbocycles. The number of piperidine rings is 1. The highest BCUT2D eigenvalue weighted by Gasteiger charge is 2.36. The molecule has 1 saturated heterocycles. The predicted molar refractivity (Wildman–Crippen MR) is 158 cm³/mol. The van der Waals surface area contributed by atoms with Crippen LogP contribution in [0.1, 0.15) is 31.2 Å². The van der Waals surface area contributed by atoms with Gasteiger partial charge < -0.3 is 25.0 Å². The SMILES string of the molecule is CNCCCC(Cc1ccccc1)C(=O)N1CCC(O)(Cn2cnc3ccc(OCCN(C)C)cc3c2=O)CC1. The van der Waals surface area contributed by atoms with Gasteiger partial charge in [-0.3, -0.25) is 14.2 Å². The first kappa shape index (κ1) is 29.7. The van der Waals surface area contributed by atoms with E-state index in [4.69, 9.17) is 4.74 Å². The quantitative estimate of drug-likeness (QED) is 0.316. The van der Waals surface area contributed by atoms with Gasteiger partial charge in [0.15, 0.2) is 0 Å². The number of aromatic nitrogens is 2. The van der Waals surface area contributed by atoms with E-state index < -0.39 is 5.60 Å². The van der Waals surface area contributed by atoms with E-state index in [-0.39, 0.29) is 23.9 Å². The Balaban J connectivity index is 1.40. The third-order valence-corrected chi connectivity index (χ3v) is 7.73. The Labute approximate surface area is 236 Å². The average molecular weight is 550 g/mol. The Kier molecular flexibility index (Phi) is 10.3. The highest BCUT2D eigenvalue weighted by molar-refractivity contribution is 5.79. The summed E-state index contributed by atoms with van der Waals surface area (Å²) in [4.78, 5) is 35.2. The van der Waals surface area contributed by atoms with Crippen LogP contribution < -0.4 is 15.6 Å². The molecule has 3 aromatic rings. The highest BCUT2D eigenvalue weighted by Crippen LogP contribution is 2.27. The summed E-state index contributed by atoms with van der Waals surface area (Å²) in [5.41, 5.74) is 0.462. The standard InChI is InChI=1S/C31H43N5O4/c1-32-15-7-10-25(20-24-8-5-4-6-9-24)29(37)35-16-13-31(39,14-17-35)22-36-23-33-28-12-11-26(21-27(28)30(36)38)40-19-18-34(2)3/h4-6,8-9,11-12,21,23,25,32,39H,7,10,13-20,22H2,1-3H3. The van der Waals surface area contributed by atoms with Gasteiger partial charge in [0, 0.05) is 25.6 Å². The number of amides is 1. The third-order valence-electron chi connectivity index (χ3n) is 7.73. The fourth-order valence-corrected chi connectivity index (χ4v) is 5.30. The molecule has 1 aliphatic rings. The molecular formula is C31H43N5O4. The number of likely N-dealkylation sites (N-methyl/N-ethyl adjacent to an activating group) is 1. The zero-order valence-electron chi connectivity index (χ0n) is 24.0. The van der Waals surface area contributed by atoms with Gasteiger partial charge in [-0.15, -0.1) is 0 Å². The molecule has 2 N–H and O–H groups in total. The summed E-state index contributed by atoms with van der Waals surface area (Å²) < 4.78 is 7.29. The van der Waals surface area contributed by atoms with Crippen molar-refractivity contribution in [3.63, 3.8) is 0 Å². The van der Waals surface area contributed by atoms with Gasteiger partial charge in [-0.1, -0.05) is 30.3 Å². The maximum absolute atomic E-state index is 13.6. The number of nitrogens with zero attached hydrogens (tertiary/aromatic N) is 4. The van der Waals surface area contributed by atoms with Crippen molar-refractivity contribution in [2.45, 2.75) is 44.2 Å². The normalized spacial score (nSPS) is 15.9. The van der Waals surface area contributed by atoms with E-state index in [1.807, 2.05) is 55.2 Å². The van der Waals surface area contributed by atoms with Crippen molar-refractivity contribution in [1.29, 1.82) is 0 Å². The molecule has 1 atom stereocenters. The molecular weight excluding hydrogens is 506 g/mol. The van der Waals surface area contributed by atoms with Crippen LogP contribution in [0.15, 0.2) is 59.7 Å². The van der Waals surface area contributed by atoms with Gasteiger partial charge in [-0.05, 0) is 83.6 Å². The minimum atomic E-state index is -1.09. The smallest absolute Gasteiger partial charge is 0.261 e. The largest absolute Gasteiger partial charge is 0.492 e. The second-order valence-corrected chi connectivity index (χ2v) is 11.2. The summed E-state index contributed by atoms with van der Waals surface area (Å²) in [5, 5.41) is 15.1. The van der Waals surface area contributed by atoms with Crippen molar-refractivity contribution in [3.05, 3.63) is 70.8 Å². The van der Waals surface area contributed by atoms with Gasteiger partial charge in [0.05, 0.1) is 29.4 Å². The van der Waals surface area contributed by atoms with E-state index in [0.717, 1.165) is 31.5 Å². The minimum Gasteiger partial charge on any atom is -0.492 e. The van der Waals surface area contributed by atoms with Crippen LogP contribution in [0.25, 0.3) is 10.9 Å². The first-order valence-corrected chi connectivity index (χ1v) is 14.2. The lowest BCUT2D eigenvalue weighted by Gasteiger charge is -2.39. The van der Waals surface area contributed by atoms with Crippen LogP contribution in [0.3, 0.4) is 0 Å². The van der Waals surface area contributed by atoms with Crippen molar-refractivity contribution < 1.29 is 14.6 Å².